The van der Waals surface area contributed by atoms with Crippen LogP contribution < -0.4 is 25.0 Å². The number of para-hydroxylation sites is 1. The Morgan fingerprint density at radius 1 is 0.917 bits per heavy atom. The van der Waals surface area contributed by atoms with E-state index < -0.39 is 0 Å². The standard InChI is InChI=1S/C28H25N5O3/c34-27(30-15-19-6-2-1-3-7-19)22-17-31-28(33-13-12-21-8-4-5-9-23(21)33)32-26(22)29-16-20-10-11-24-25(14-20)36-18-35-24/h1-11,14,17H,12-13,15-16,18H2,(H,30,34)(H,29,31,32). The number of hydrogen-bond donors (Lipinski definition) is 2. The van der Waals surface area contributed by atoms with Crippen LogP contribution in [0.15, 0.2) is 79.0 Å². The third kappa shape index (κ3) is 4.40. The number of carbonyl (C=O) groups excluding carboxylic acids is 1. The summed E-state index contributed by atoms with van der Waals surface area (Å²) in [6.45, 7) is 1.90. The van der Waals surface area contributed by atoms with Gasteiger partial charge in [-0.1, -0.05) is 54.6 Å². The minimum atomic E-state index is -0.236. The van der Waals surface area contributed by atoms with Crippen LogP contribution in [0.2, 0.25) is 0 Å². The van der Waals surface area contributed by atoms with Crippen molar-refractivity contribution in [3.8, 4) is 11.5 Å². The molecular weight excluding hydrogens is 454 g/mol. The van der Waals surface area contributed by atoms with Crippen LogP contribution >= 0.6 is 0 Å². The molecule has 2 aliphatic heterocycles. The van der Waals surface area contributed by atoms with Gasteiger partial charge in [-0.05, 0) is 41.3 Å². The van der Waals surface area contributed by atoms with Crippen molar-refractivity contribution in [2.45, 2.75) is 19.5 Å². The maximum atomic E-state index is 13.2. The highest BCUT2D eigenvalue weighted by Crippen LogP contribution is 2.34. The predicted molar refractivity (Wildman–Crippen MR) is 137 cm³/mol. The minimum Gasteiger partial charge on any atom is -0.454 e. The summed E-state index contributed by atoms with van der Waals surface area (Å²) in [5, 5.41) is 6.34. The van der Waals surface area contributed by atoms with Crippen molar-refractivity contribution in [1.82, 2.24) is 15.3 Å². The molecule has 0 saturated carbocycles. The van der Waals surface area contributed by atoms with Crippen molar-refractivity contribution in [2.24, 2.45) is 0 Å². The number of rotatable bonds is 7. The fourth-order valence-electron chi connectivity index (χ4n) is 4.46. The van der Waals surface area contributed by atoms with Crippen LogP contribution in [0.3, 0.4) is 0 Å². The second kappa shape index (κ2) is 9.58. The van der Waals surface area contributed by atoms with Gasteiger partial charge in [0.05, 0.1) is 0 Å². The molecule has 2 N–H and O–H groups in total. The first-order chi connectivity index (χ1) is 17.7. The summed E-state index contributed by atoms with van der Waals surface area (Å²) < 4.78 is 10.9. The fraction of sp³-hybridized carbons (Fsp3) is 0.179. The van der Waals surface area contributed by atoms with Crippen molar-refractivity contribution in [1.29, 1.82) is 0 Å². The van der Waals surface area contributed by atoms with E-state index in [9.17, 15) is 4.79 Å². The summed E-state index contributed by atoms with van der Waals surface area (Å²) in [6, 6.07) is 23.8. The topological polar surface area (TPSA) is 88.6 Å². The summed E-state index contributed by atoms with van der Waals surface area (Å²) in [5.74, 6) is 2.25. The number of carbonyl (C=O) groups is 1. The van der Waals surface area contributed by atoms with Crippen molar-refractivity contribution >= 4 is 23.4 Å². The molecule has 0 unspecified atom stereocenters. The number of nitrogens with zero attached hydrogens (tertiary/aromatic N) is 3. The van der Waals surface area contributed by atoms with Gasteiger partial charge in [-0.25, -0.2) is 4.98 Å². The van der Waals surface area contributed by atoms with Gasteiger partial charge in [-0.3, -0.25) is 4.79 Å². The lowest BCUT2D eigenvalue weighted by atomic mass is 10.2. The van der Waals surface area contributed by atoms with E-state index in [1.807, 2.05) is 60.7 Å². The number of amides is 1. The van der Waals surface area contributed by atoms with Crippen LogP contribution in [0.5, 0.6) is 11.5 Å². The number of aromatic nitrogens is 2. The Labute approximate surface area is 208 Å². The Hall–Kier alpha value is -4.59. The second-order valence-corrected chi connectivity index (χ2v) is 8.67. The summed E-state index contributed by atoms with van der Waals surface area (Å²) in [5.41, 5.74) is 4.76. The molecule has 1 aromatic heterocycles. The normalized spacial score (nSPS) is 13.4. The molecule has 36 heavy (non-hydrogen) atoms. The molecule has 0 spiro atoms. The Kier molecular flexibility index (Phi) is 5.83. The molecule has 4 aromatic rings. The molecule has 0 atom stereocenters. The first kappa shape index (κ1) is 21.9. The molecule has 180 valence electrons. The largest absolute Gasteiger partial charge is 0.454 e. The zero-order chi connectivity index (χ0) is 24.3. The smallest absolute Gasteiger partial charge is 0.256 e. The molecule has 0 fully saturated rings. The Morgan fingerprint density at radius 2 is 1.75 bits per heavy atom. The lowest BCUT2D eigenvalue weighted by Gasteiger charge is -2.19. The molecule has 8 nitrogen and oxygen atoms in total. The van der Waals surface area contributed by atoms with Crippen LogP contribution in [0.1, 0.15) is 27.0 Å². The van der Waals surface area contributed by atoms with E-state index in [0.29, 0.717) is 36.2 Å². The lowest BCUT2D eigenvalue weighted by Crippen LogP contribution is -2.25. The number of anilines is 3. The molecule has 6 rings (SSSR count). The van der Waals surface area contributed by atoms with Gasteiger partial charge in [-0.15, -0.1) is 0 Å². The first-order valence-electron chi connectivity index (χ1n) is 11.9. The van der Waals surface area contributed by atoms with Gasteiger partial charge in [0, 0.05) is 31.5 Å². The fourth-order valence-corrected chi connectivity index (χ4v) is 4.46. The lowest BCUT2D eigenvalue weighted by molar-refractivity contribution is 0.0951. The van der Waals surface area contributed by atoms with Crippen LogP contribution in [0.4, 0.5) is 17.5 Å². The number of hydrogen-bond acceptors (Lipinski definition) is 7. The van der Waals surface area contributed by atoms with Gasteiger partial charge >= 0.3 is 0 Å². The van der Waals surface area contributed by atoms with Gasteiger partial charge in [0.1, 0.15) is 11.4 Å². The summed E-state index contributed by atoms with van der Waals surface area (Å²) in [6.07, 6.45) is 2.53. The highest BCUT2D eigenvalue weighted by molar-refractivity contribution is 5.98. The average Bonchev–Trinajstić information content (AvgIpc) is 3.58. The van der Waals surface area contributed by atoms with Crippen LogP contribution in [0, 0.1) is 0 Å². The molecule has 1 amide bonds. The van der Waals surface area contributed by atoms with Crippen molar-refractivity contribution in [2.75, 3.05) is 23.6 Å². The third-order valence-electron chi connectivity index (χ3n) is 6.34. The molecule has 0 aliphatic carbocycles. The molecule has 3 aromatic carbocycles. The maximum absolute atomic E-state index is 13.2. The second-order valence-electron chi connectivity index (χ2n) is 8.67. The maximum Gasteiger partial charge on any atom is 0.256 e. The summed E-state index contributed by atoms with van der Waals surface area (Å²) in [4.78, 5) is 24.6. The van der Waals surface area contributed by atoms with E-state index in [2.05, 4.69) is 32.7 Å². The highest BCUT2D eigenvalue weighted by atomic mass is 16.7. The van der Waals surface area contributed by atoms with E-state index in [1.165, 1.54) is 5.56 Å². The molecule has 0 bridgehead atoms. The van der Waals surface area contributed by atoms with Crippen LogP contribution in [-0.2, 0) is 19.5 Å². The summed E-state index contributed by atoms with van der Waals surface area (Å²) >= 11 is 0. The zero-order valence-corrected chi connectivity index (χ0v) is 19.6. The van der Waals surface area contributed by atoms with Crippen molar-refractivity contribution in [3.63, 3.8) is 0 Å². The Bertz CT molecular complexity index is 1410. The van der Waals surface area contributed by atoms with Crippen molar-refractivity contribution < 1.29 is 14.3 Å². The van der Waals surface area contributed by atoms with Crippen LogP contribution in [0.25, 0.3) is 0 Å². The quantitative estimate of drug-likeness (QED) is 0.405. The third-order valence-corrected chi connectivity index (χ3v) is 6.34. The molecule has 0 saturated heterocycles. The van der Waals surface area contributed by atoms with Crippen molar-refractivity contribution in [3.05, 3.63) is 101 Å². The van der Waals surface area contributed by atoms with E-state index in [-0.39, 0.29) is 12.7 Å². The molecule has 0 radical (unpaired) electrons. The molecule has 8 heteroatoms. The first-order valence-corrected chi connectivity index (χ1v) is 11.9. The van der Waals surface area contributed by atoms with E-state index in [1.54, 1.807) is 6.20 Å². The Balaban J connectivity index is 1.27. The molecular formula is C28H25N5O3. The Morgan fingerprint density at radius 3 is 2.67 bits per heavy atom. The summed E-state index contributed by atoms with van der Waals surface area (Å²) in [7, 11) is 0. The van der Waals surface area contributed by atoms with E-state index in [0.717, 1.165) is 35.5 Å². The predicted octanol–water partition coefficient (Wildman–Crippen LogP) is 4.44. The minimum absolute atomic E-state index is 0.227. The van der Waals surface area contributed by atoms with Gasteiger partial charge in [0.2, 0.25) is 12.7 Å². The zero-order valence-electron chi connectivity index (χ0n) is 19.6. The number of fused-ring (bicyclic) bond motifs is 2. The van der Waals surface area contributed by atoms with E-state index >= 15 is 0 Å². The van der Waals surface area contributed by atoms with Crippen LogP contribution in [-0.4, -0.2) is 29.2 Å². The van der Waals surface area contributed by atoms with Gasteiger partial charge in [0.15, 0.2) is 11.5 Å². The van der Waals surface area contributed by atoms with E-state index in [4.69, 9.17) is 14.5 Å². The molecule has 2 aliphatic rings. The molecule has 3 heterocycles. The number of nitrogens with one attached hydrogen (secondary N) is 2. The highest BCUT2D eigenvalue weighted by Gasteiger charge is 2.24. The number of benzene rings is 3. The van der Waals surface area contributed by atoms with Gasteiger partial charge < -0.3 is 25.0 Å². The number of ether oxygens (including phenoxy) is 2. The monoisotopic (exact) mass is 479 g/mol. The van der Waals surface area contributed by atoms with Gasteiger partial charge in [-0.2, -0.15) is 4.98 Å². The van der Waals surface area contributed by atoms with Gasteiger partial charge in [0.25, 0.3) is 5.91 Å². The average molecular weight is 480 g/mol. The SMILES string of the molecule is O=C(NCc1ccccc1)c1cnc(N2CCc3ccccc32)nc1NCc1ccc2c(c1)OCO2.